The Morgan fingerprint density at radius 1 is 0.343 bits per heavy atom. The van der Waals surface area contributed by atoms with Gasteiger partial charge in [0.2, 0.25) is 24.4 Å². The van der Waals surface area contributed by atoms with Crippen molar-refractivity contribution in [1.29, 1.82) is 0 Å². The van der Waals surface area contributed by atoms with Gasteiger partial charge in [-0.1, -0.05) is 86.3 Å². The summed E-state index contributed by atoms with van der Waals surface area (Å²) < 4.78 is 15.1. The molecule has 12 aromatic rings. The first-order chi connectivity index (χ1) is 48.4. The van der Waals surface area contributed by atoms with Crippen molar-refractivity contribution < 1.29 is 132 Å². The molecule has 0 saturated carbocycles. The van der Waals surface area contributed by atoms with Crippen LogP contribution >= 0.6 is 34.3 Å². The molecule has 8 N–H and O–H groups in total. The molecule has 4 unspecified atom stereocenters. The van der Waals surface area contributed by atoms with Gasteiger partial charge in [0, 0.05) is 45.0 Å². The molecule has 528 valence electrons. The van der Waals surface area contributed by atoms with E-state index in [1.807, 2.05) is 24.1 Å². The molecule has 4 atom stereocenters. The minimum Gasteiger partial charge on any atom is -0.632 e. The maximum Gasteiger partial charge on any atom is 2.00 e. The minimum absolute atomic E-state index is 0. The number of carbonyl (C=O) groups is 4. The Hall–Kier alpha value is -8.54. The first-order valence-electron chi connectivity index (χ1n) is 30.8. The molecule has 0 fully saturated rings. The molecular weight excluding hydrogens is 1560 g/mol. The molecule has 4 heterocycles. The second-order valence-electron chi connectivity index (χ2n) is 22.8. The van der Waals surface area contributed by atoms with Crippen molar-refractivity contribution in [2.24, 2.45) is 0 Å². The van der Waals surface area contributed by atoms with Crippen molar-refractivity contribution >= 4 is 148 Å². The Kier molecular flexibility index (Phi) is 31.9. The number of benzene rings is 8. The number of aryl methyl sites for hydroxylation is 8. The van der Waals surface area contributed by atoms with E-state index in [0.717, 1.165) is 148 Å². The van der Waals surface area contributed by atoms with Crippen LogP contribution in [0.4, 0.5) is 19.2 Å². The van der Waals surface area contributed by atoms with Crippen LogP contribution < -0.4 is 22.3 Å². The molecule has 4 aliphatic rings. The summed E-state index contributed by atoms with van der Waals surface area (Å²) in [5.41, 5.74) is 49.7. The van der Waals surface area contributed by atoms with Gasteiger partial charge in [-0.05, 0) is 181 Å². The number of fused-ring (bicyclic) bond motifs is 17. The number of aromatic amines is 4. The topological polar surface area (TPSA) is 383 Å². The van der Waals surface area contributed by atoms with Crippen molar-refractivity contribution in [2.45, 2.75) is 58.8 Å². The molecule has 0 bridgehead atoms. The summed E-state index contributed by atoms with van der Waals surface area (Å²) in [7, 11) is 4.39. The number of nitrogens with zero attached hydrogens (tertiary/aromatic N) is 4. The third-order valence-electron chi connectivity index (χ3n) is 17.1. The average molecular weight is 1630 g/mol. The van der Waals surface area contributed by atoms with Crippen LogP contribution in [-0.4, -0.2) is 117 Å². The molecule has 8 aromatic carbocycles. The van der Waals surface area contributed by atoms with E-state index < -0.39 is 24.4 Å². The van der Waals surface area contributed by atoms with E-state index >= 15 is 0 Å². The fourth-order valence-electron chi connectivity index (χ4n) is 12.6. The maximum atomic E-state index is 10.9. The minimum atomic E-state index is -0.995. The van der Waals surface area contributed by atoms with Gasteiger partial charge in [-0.15, -0.1) is 0 Å². The van der Waals surface area contributed by atoms with Crippen LogP contribution in [-0.2, 0) is 164 Å². The summed E-state index contributed by atoms with van der Waals surface area (Å²) in [5.74, 6) is 0. The molecule has 0 saturated heterocycles. The summed E-state index contributed by atoms with van der Waals surface area (Å²) in [6.07, 6.45) is 3.41. The number of imidazole rings is 4. The van der Waals surface area contributed by atoms with E-state index in [1.54, 1.807) is 0 Å². The van der Waals surface area contributed by atoms with Crippen LogP contribution in [0.1, 0.15) is 52.5 Å². The Morgan fingerprint density at radius 2 is 0.600 bits per heavy atom. The molecule has 4 amide bonds. The summed E-state index contributed by atoms with van der Waals surface area (Å²) in [6.45, 7) is 0. The number of ether oxygens (including phenoxy) is 4. The van der Waals surface area contributed by atoms with E-state index in [2.05, 4.69) is 160 Å². The van der Waals surface area contributed by atoms with E-state index in [4.69, 9.17) is 42.9 Å². The van der Waals surface area contributed by atoms with Gasteiger partial charge in [0.15, 0.2) is 0 Å². The molecular formula is C73H64N12O12P4V4. The number of methoxy groups -OCH3 is 4. The summed E-state index contributed by atoms with van der Waals surface area (Å²) in [5, 5.41) is 9.69. The fourth-order valence-corrected chi connectivity index (χ4v) is 14.5. The van der Waals surface area contributed by atoms with Crippen LogP contribution in [0.5, 0.6) is 0 Å². The Morgan fingerprint density at radius 3 is 0.886 bits per heavy atom. The third-order valence-corrected chi connectivity index (χ3v) is 19.4. The number of nitrogens with one attached hydrogen (secondary N) is 8. The van der Waals surface area contributed by atoms with E-state index in [0.29, 0.717) is 22.3 Å². The smallest absolute Gasteiger partial charge is 0.632 e. The van der Waals surface area contributed by atoms with Crippen LogP contribution in [0.3, 0.4) is 0 Å². The first-order valence-corrected chi connectivity index (χ1v) is 34.8. The predicted molar refractivity (Wildman–Crippen MR) is 402 cm³/mol. The largest absolute Gasteiger partial charge is 2.00 e. The maximum absolute atomic E-state index is 10.9. The van der Waals surface area contributed by atoms with Crippen molar-refractivity contribution in [2.75, 3.05) is 28.4 Å². The zero-order chi connectivity index (χ0) is 70.7. The number of carbonyl (C=O) groups excluding carboxylic acids is 8. The van der Waals surface area contributed by atoms with Gasteiger partial charge < -0.3 is 81.0 Å². The van der Waals surface area contributed by atoms with Gasteiger partial charge >= 0.3 is 74.2 Å². The van der Waals surface area contributed by atoms with Crippen molar-refractivity contribution in [3.05, 3.63) is 189 Å². The Labute approximate surface area is 658 Å². The summed E-state index contributed by atoms with van der Waals surface area (Å²) in [4.78, 5) is 113. The van der Waals surface area contributed by atoms with Gasteiger partial charge in [0.05, 0.1) is 73.5 Å². The zero-order valence-electron chi connectivity index (χ0n) is 55.7. The van der Waals surface area contributed by atoms with Gasteiger partial charge in [0.1, 0.15) is 0 Å². The number of hydrogen-bond donors (Lipinski definition) is 4. The summed E-state index contributed by atoms with van der Waals surface area (Å²) in [6, 6.07) is 52.6. The second-order valence-corrected chi connectivity index (χ2v) is 26.5. The Bertz CT molecular complexity index is 4730. The van der Waals surface area contributed by atoms with Crippen molar-refractivity contribution in [3.8, 4) is 67.3 Å². The number of amides is 4. The fraction of sp³-hybridized carbons (Fsp3) is 0.178. The predicted octanol–water partition coefficient (Wildman–Crippen LogP) is 14.6. The van der Waals surface area contributed by atoms with Gasteiger partial charge in [0.25, 0.3) is 0 Å². The standard InChI is InChI=1S/2C32H22N4O2P2.4C2H5NO2.CH4.4V/c37-15-39-31-33-27-7-5-21-11-23-9-17(1-3-19(23)13-25(21)29(27)35-31)18-2-4-20-14-26-22(12-24(20)10-18)6-8-28-30(26)36-32(34-28)40-16-38;37-15-39-31-34-28-10-8-24-23-6-3-18(11-20(23)4-7-25(24)29(28)35-31)17-1-2-19-14-26-21(13-22(19)12-17)5-9-27-30(26)36-32(33-27)40-16-38;4*1-5-2(3)4;;;;;/h1-4,9-14,39-40H,5-8H2,(H,33,35)(H,34,36);1-4,6-7,11-14,39-40H,5,8-10H2,(H,33,36)(H,34,35);4*1H3,(H2,3,4);1H4;;;;/q2*-2;;;;;;4*+2/p-4. The Balaban J connectivity index is 0.000000252. The van der Waals surface area contributed by atoms with Crippen LogP contribution in [0.2, 0.25) is 0 Å². The van der Waals surface area contributed by atoms with E-state index in [9.17, 15) is 38.4 Å². The van der Waals surface area contributed by atoms with Gasteiger partial charge in [-0.25, -0.2) is 44.0 Å². The first kappa shape index (κ1) is 85.4. The summed E-state index contributed by atoms with van der Waals surface area (Å²) >= 11 is 0. The van der Waals surface area contributed by atoms with Gasteiger partial charge in [-0.3, -0.25) is 19.2 Å². The molecule has 0 spiro atoms. The van der Waals surface area contributed by atoms with E-state index in [1.165, 1.54) is 87.6 Å². The van der Waals surface area contributed by atoms with Crippen LogP contribution in [0.25, 0.3) is 133 Å². The number of rotatable bonds is 10. The number of H-pyrrole nitrogens is 4. The normalized spacial score (nSPS) is 12.0. The molecule has 0 aliphatic heterocycles. The van der Waals surface area contributed by atoms with Crippen molar-refractivity contribution in [3.63, 3.8) is 0 Å². The molecule has 4 aliphatic carbocycles. The molecule has 4 aromatic heterocycles. The monoisotopic (exact) mass is 1630 g/mol. The quantitative estimate of drug-likeness (QED) is 0.0561. The van der Waals surface area contributed by atoms with Crippen molar-refractivity contribution in [1.82, 2.24) is 39.9 Å². The second kappa shape index (κ2) is 39.2. The number of hydrogen-bond acceptors (Lipinski definition) is 16. The number of aromatic nitrogens is 8. The third kappa shape index (κ3) is 19.9. The van der Waals surface area contributed by atoms with Gasteiger partial charge in [-0.2, -0.15) is 34.3 Å². The molecule has 4 radical (unpaired) electrons. The zero-order valence-corrected chi connectivity index (χ0v) is 65.3. The SMILES string of the molecule is C.COC([NH-])=O.COC([NH-])=O.COC([NH-])=O.COC([NH-])=O.O=[C-]Pc1nc2c([nH]1)CCc1cc3cc(-c4ccc5c6c(ccc5c4)-c4nc(P[C-]=O)[nH]c4CC6)ccc3cc1-2.O=[C-]Pc1nc2c([nH]1)CCc1cc3cc(-c4ccc5cc6c(cc5c4)CCc4[nH]c(P[C-]=O)nc4-6)ccc3cc1-2.[V+2].[V+2].[V+2].[V+2]. The van der Waals surface area contributed by atoms with Crippen LogP contribution in [0.15, 0.2) is 121 Å². The average Bonchev–Trinajstić information content (AvgIpc) is 1.75. The van der Waals surface area contributed by atoms with Crippen LogP contribution in [0, 0.1) is 0 Å². The van der Waals surface area contributed by atoms with E-state index in [-0.39, 0.29) is 116 Å². The molecule has 16 rings (SSSR count). The molecule has 24 nitrogen and oxygen atoms in total. The molecule has 105 heavy (non-hydrogen) atoms. The molecule has 32 heteroatoms.